The van der Waals surface area contributed by atoms with E-state index >= 15 is 0 Å². The van der Waals surface area contributed by atoms with Crippen molar-refractivity contribution in [1.82, 2.24) is 0 Å². The Labute approximate surface area is 110 Å². The first kappa shape index (κ1) is 11.3. The Kier molecular flexibility index (Phi) is 3.68. The summed E-state index contributed by atoms with van der Waals surface area (Å²) in [6.45, 7) is 2.10. The predicted molar refractivity (Wildman–Crippen MR) is 69.2 cm³/mol. The van der Waals surface area contributed by atoms with E-state index in [1.807, 2.05) is 24.3 Å². The summed E-state index contributed by atoms with van der Waals surface area (Å²) in [5.74, 6) is 6.35. The van der Waals surface area contributed by atoms with Gasteiger partial charge in [-0.3, -0.25) is 0 Å². The second-order valence-corrected chi connectivity index (χ2v) is 5.01. The Morgan fingerprint density at radius 1 is 1.06 bits per heavy atom. The molecule has 0 fully saturated rings. The Morgan fingerprint density at radius 2 is 1.81 bits per heavy atom. The second kappa shape index (κ2) is 5.22. The van der Waals surface area contributed by atoms with Gasteiger partial charge in [0.2, 0.25) is 0 Å². The molecule has 16 heavy (non-hydrogen) atoms. The van der Waals surface area contributed by atoms with Crippen molar-refractivity contribution >= 4 is 25.9 Å². The molecular weight excluding hydrogens is 308 g/mol. The van der Waals surface area contributed by atoms with Crippen molar-refractivity contribution < 1.29 is 0 Å². The molecule has 1 heteroatoms. The van der Waals surface area contributed by atoms with Gasteiger partial charge in [0.1, 0.15) is 0 Å². The third-order valence-corrected chi connectivity index (χ3v) is 3.06. The Bertz CT molecular complexity index is 545. The van der Waals surface area contributed by atoms with Crippen molar-refractivity contribution in [3.63, 3.8) is 0 Å². The third-order valence-electron chi connectivity index (χ3n) is 2.27. The summed E-state index contributed by atoms with van der Waals surface area (Å²) in [5.41, 5.74) is 3.38. The van der Waals surface area contributed by atoms with Gasteiger partial charge in [-0.2, -0.15) is 0 Å². The molecule has 0 nitrogen and oxygen atoms in total. The molecule has 0 bridgehead atoms. The molecule has 2 rings (SSSR count). The molecule has 0 heterocycles. The number of benzene rings is 2. The van der Waals surface area contributed by atoms with E-state index in [1.165, 1.54) is 9.17 Å². The molecule has 0 unspecified atom stereocenters. The van der Waals surface area contributed by atoms with E-state index in [9.17, 15) is 0 Å². The van der Waals surface area contributed by atoms with E-state index in [4.69, 9.17) is 0 Å². The molecule has 0 saturated carbocycles. The summed E-state index contributed by atoms with van der Waals surface area (Å²) >= 11 is 1.74. The molecule has 0 spiro atoms. The van der Waals surface area contributed by atoms with Gasteiger partial charge in [0.05, 0.1) is 0 Å². The molecule has 0 saturated heterocycles. The summed E-state index contributed by atoms with van der Waals surface area (Å²) in [5, 5.41) is 0. The molecule has 77 valence electrons. The van der Waals surface area contributed by atoms with Crippen molar-refractivity contribution in [2.75, 3.05) is 0 Å². The van der Waals surface area contributed by atoms with Gasteiger partial charge in [-0.05, 0) is 0 Å². The minimum absolute atomic E-state index is 1.03. The molecule has 0 aromatic heterocycles. The number of hydrogen-bond acceptors (Lipinski definition) is 0. The van der Waals surface area contributed by atoms with Gasteiger partial charge >= 0.3 is 110 Å². The quantitative estimate of drug-likeness (QED) is 0.512. The second-order valence-electron chi connectivity index (χ2n) is 3.54. The summed E-state index contributed by atoms with van der Waals surface area (Å²) in [7, 11) is 0. The Hall–Kier alpha value is -1.21. The fraction of sp³-hybridized carbons (Fsp3) is 0.0667. The van der Waals surface area contributed by atoms with Crippen LogP contribution in [0, 0.1) is 24.8 Å². The van der Waals surface area contributed by atoms with Crippen LogP contribution in [0.4, 0.5) is 0 Å². The van der Waals surface area contributed by atoms with E-state index in [1.54, 1.807) is 22.3 Å². The van der Waals surface area contributed by atoms with E-state index in [0.29, 0.717) is 0 Å². The molecule has 0 amide bonds. The number of aryl methyl sites for hydroxylation is 1. The number of rotatable bonds is 0. The van der Waals surface area contributed by atoms with Crippen molar-refractivity contribution in [3.05, 3.63) is 65.2 Å². The summed E-state index contributed by atoms with van der Waals surface area (Å²) in [4.78, 5) is 0. The summed E-state index contributed by atoms with van der Waals surface area (Å²) < 4.78 is 1.33. The number of hydrogen-bond donors (Lipinski definition) is 0. The zero-order chi connectivity index (χ0) is 11.4. The molecule has 0 aliphatic rings. The van der Waals surface area contributed by atoms with Crippen LogP contribution in [0.1, 0.15) is 16.7 Å². The van der Waals surface area contributed by atoms with Crippen molar-refractivity contribution in [2.45, 2.75) is 6.92 Å². The first-order chi connectivity index (χ1) is 7.75. The van der Waals surface area contributed by atoms with Gasteiger partial charge in [-0.25, -0.2) is 0 Å². The van der Waals surface area contributed by atoms with Crippen LogP contribution in [0.3, 0.4) is 0 Å². The zero-order valence-corrected chi connectivity index (χ0v) is 11.5. The van der Waals surface area contributed by atoms with Gasteiger partial charge in [0.15, 0.2) is 0 Å². The van der Waals surface area contributed by atoms with Crippen LogP contribution in [0.2, 0.25) is 0 Å². The Balaban J connectivity index is 2.31. The van der Waals surface area contributed by atoms with E-state index in [-0.39, 0.29) is 0 Å². The normalized spacial score (nSPS) is 9.38. The first-order valence-corrected chi connectivity index (χ1v) is 6.31. The van der Waals surface area contributed by atoms with Gasteiger partial charge in [-0.1, -0.05) is 0 Å². The van der Waals surface area contributed by atoms with Gasteiger partial charge in [0.25, 0.3) is 0 Å². The fourth-order valence-corrected chi connectivity index (χ4v) is 2.16. The predicted octanol–water partition coefficient (Wildman–Crippen LogP) is 1.72. The van der Waals surface area contributed by atoms with Gasteiger partial charge < -0.3 is 0 Å². The van der Waals surface area contributed by atoms with E-state index in [0.717, 1.165) is 11.1 Å². The maximum atomic E-state index is 3.20. The SMILES string of the molecule is Cc1cc([TeH])ccc1C#Cc1cc[c]cc1. The van der Waals surface area contributed by atoms with E-state index < -0.39 is 0 Å². The fourth-order valence-electron chi connectivity index (χ4n) is 1.40. The summed E-state index contributed by atoms with van der Waals surface area (Å²) in [6, 6.07) is 17.1. The average molecular weight is 319 g/mol. The third kappa shape index (κ3) is 2.89. The van der Waals surface area contributed by atoms with Gasteiger partial charge in [0, 0.05) is 0 Å². The van der Waals surface area contributed by atoms with E-state index in [2.05, 4.69) is 43.0 Å². The molecule has 0 atom stereocenters. The van der Waals surface area contributed by atoms with Crippen LogP contribution in [0.15, 0.2) is 42.5 Å². The molecule has 2 aromatic rings. The van der Waals surface area contributed by atoms with Crippen LogP contribution in [0.5, 0.6) is 0 Å². The van der Waals surface area contributed by atoms with Crippen molar-refractivity contribution in [2.24, 2.45) is 0 Å². The minimum atomic E-state index is 1.03. The molecular formula is C15H11Te. The van der Waals surface area contributed by atoms with Crippen molar-refractivity contribution in [3.8, 4) is 11.8 Å². The maximum absolute atomic E-state index is 3.20. The molecule has 1 radical (unpaired) electrons. The van der Waals surface area contributed by atoms with Crippen LogP contribution >= 0.6 is 0 Å². The molecule has 2 aromatic carbocycles. The summed E-state index contributed by atoms with van der Waals surface area (Å²) in [6.07, 6.45) is 0. The topological polar surface area (TPSA) is 0 Å². The monoisotopic (exact) mass is 321 g/mol. The average Bonchev–Trinajstić information content (AvgIpc) is 2.29. The van der Waals surface area contributed by atoms with Crippen LogP contribution in [0.25, 0.3) is 0 Å². The van der Waals surface area contributed by atoms with Crippen LogP contribution in [-0.2, 0) is 0 Å². The van der Waals surface area contributed by atoms with Gasteiger partial charge in [-0.15, -0.1) is 0 Å². The van der Waals surface area contributed by atoms with Crippen LogP contribution in [-0.4, -0.2) is 22.3 Å². The first-order valence-electron chi connectivity index (χ1n) is 5.03. The molecule has 0 aliphatic carbocycles. The Morgan fingerprint density at radius 3 is 2.50 bits per heavy atom. The zero-order valence-electron chi connectivity index (χ0n) is 8.99. The standard InChI is InChI=1S/C15H11Te/c1-12-11-15(16)10-9-14(12)8-7-13-5-3-2-4-6-13/h3-6,9-11,16H,1H3. The van der Waals surface area contributed by atoms with Crippen molar-refractivity contribution in [1.29, 1.82) is 0 Å². The molecule has 0 N–H and O–H groups in total. The molecule has 0 aliphatic heterocycles. The van der Waals surface area contributed by atoms with Crippen LogP contribution < -0.4 is 3.61 Å².